The Morgan fingerprint density at radius 1 is 1.16 bits per heavy atom. The van der Waals surface area contributed by atoms with Gasteiger partial charge in [-0.1, -0.05) is 19.3 Å². The fraction of sp³-hybridized carbons (Fsp3) is 0.571. The summed E-state index contributed by atoms with van der Waals surface area (Å²) in [6.45, 7) is 3.70. The van der Waals surface area contributed by atoms with E-state index in [2.05, 4.69) is 4.72 Å². The molecule has 0 aliphatic heterocycles. The molecule has 0 spiro atoms. The van der Waals surface area contributed by atoms with E-state index in [1.807, 2.05) is 13.8 Å². The Kier molecular flexibility index (Phi) is 4.16. The van der Waals surface area contributed by atoms with Crippen molar-refractivity contribution in [3.63, 3.8) is 0 Å². The van der Waals surface area contributed by atoms with Gasteiger partial charge in [-0.05, 0) is 49.9 Å². The third-order valence-electron chi connectivity index (χ3n) is 3.86. The van der Waals surface area contributed by atoms with E-state index in [1.165, 1.54) is 6.42 Å². The summed E-state index contributed by atoms with van der Waals surface area (Å²) in [7, 11) is -3.47. The Hall–Kier alpha value is -1.07. The summed E-state index contributed by atoms with van der Waals surface area (Å²) in [5.74, 6) is 0. The Morgan fingerprint density at radius 2 is 1.79 bits per heavy atom. The summed E-state index contributed by atoms with van der Waals surface area (Å²) in [6.07, 6.45) is 5.26. The Morgan fingerprint density at radius 3 is 2.42 bits per heavy atom. The summed E-state index contributed by atoms with van der Waals surface area (Å²) >= 11 is 0. The minimum absolute atomic E-state index is 0.0693. The van der Waals surface area contributed by atoms with Crippen LogP contribution in [-0.2, 0) is 10.0 Å². The molecule has 3 N–H and O–H groups in total. The van der Waals surface area contributed by atoms with Crippen molar-refractivity contribution < 1.29 is 8.42 Å². The number of hydrogen-bond acceptors (Lipinski definition) is 3. The van der Waals surface area contributed by atoms with Crippen LogP contribution in [0.2, 0.25) is 0 Å². The predicted octanol–water partition coefficient (Wildman–Crippen LogP) is 2.50. The van der Waals surface area contributed by atoms with Crippen LogP contribution < -0.4 is 10.5 Å². The lowest BCUT2D eigenvalue weighted by Gasteiger charge is -2.23. The number of anilines is 1. The summed E-state index contributed by atoms with van der Waals surface area (Å²) < 4.78 is 27.7. The Bertz CT molecular complexity index is 561. The van der Waals surface area contributed by atoms with Crippen molar-refractivity contribution in [1.29, 1.82) is 0 Å². The maximum Gasteiger partial charge on any atom is 0.241 e. The van der Waals surface area contributed by atoms with Gasteiger partial charge in [0, 0.05) is 11.7 Å². The van der Waals surface area contributed by atoms with Gasteiger partial charge in [-0.25, -0.2) is 13.1 Å². The molecule has 0 heterocycles. The highest BCUT2D eigenvalue weighted by Gasteiger charge is 2.24. The van der Waals surface area contributed by atoms with Crippen molar-refractivity contribution in [2.24, 2.45) is 0 Å². The monoisotopic (exact) mass is 282 g/mol. The number of rotatable bonds is 3. The molecule has 2 rings (SSSR count). The zero-order chi connectivity index (χ0) is 14.0. The lowest BCUT2D eigenvalue weighted by atomic mass is 9.96. The number of nitrogens with one attached hydrogen (secondary N) is 1. The largest absolute Gasteiger partial charge is 0.399 e. The molecule has 1 aromatic rings. The standard InChI is InChI=1S/C14H22N2O2S/c1-10-8-12(15)9-14(11(10)2)19(17,18)16-13-6-4-3-5-7-13/h8-9,13,16H,3-7,15H2,1-2H3. The average Bonchev–Trinajstić information content (AvgIpc) is 2.34. The first kappa shape index (κ1) is 14.3. The van der Waals surface area contributed by atoms with Gasteiger partial charge >= 0.3 is 0 Å². The molecule has 4 nitrogen and oxygen atoms in total. The van der Waals surface area contributed by atoms with Crippen molar-refractivity contribution in [2.45, 2.75) is 56.9 Å². The van der Waals surface area contributed by atoms with E-state index in [1.54, 1.807) is 12.1 Å². The Balaban J connectivity index is 2.28. The highest BCUT2D eigenvalue weighted by Crippen LogP contribution is 2.24. The fourth-order valence-corrected chi connectivity index (χ4v) is 4.29. The first-order valence-electron chi connectivity index (χ1n) is 6.79. The zero-order valence-corrected chi connectivity index (χ0v) is 12.4. The van der Waals surface area contributed by atoms with Crippen LogP contribution in [0.4, 0.5) is 5.69 Å². The van der Waals surface area contributed by atoms with E-state index in [0.717, 1.165) is 36.8 Å². The summed E-state index contributed by atoms with van der Waals surface area (Å²) in [5.41, 5.74) is 7.94. The second-order valence-electron chi connectivity index (χ2n) is 5.42. The van der Waals surface area contributed by atoms with Gasteiger partial charge in [0.15, 0.2) is 0 Å². The van der Waals surface area contributed by atoms with Crippen molar-refractivity contribution >= 4 is 15.7 Å². The van der Waals surface area contributed by atoms with E-state index in [0.29, 0.717) is 10.6 Å². The topological polar surface area (TPSA) is 72.2 Å². The van der Waals surface area contributed by atoms with Crippen molar-refractivity contribution in [3.8, 4) is 0 Å². The molecule has 0 bridgehead atoms. The van der Waals surface area contributed by atoms with Crippen LogP contribution in [0.25, 0.3) is 0 Å². The SMILES string of the molecule is Cc1cc(N)cc(S(=O)(=O)NC2CCCCC2)c1C. The van der Waals surface area contributed by atoms with Crippen molar-refractivity contribution in [2.75, 3.05) is 5.73 Å². The molecule has 0 saturated heterocycles. The summed E-state index contributed by atoms with van der Waals surface area (Å²) in [5, 5.41) is 0. The molecule has 0 radical (unpaired) electrons. The molecule has 0 unspecified atom stereocenters. The number of benzene rings is 1. The van der Waals surface area contributed by atoms with Crippen LogP contribution in [-0.4, -0.2) is 14.5 Å². The average molecular weight is 282 g/mol. The van der Waals surface area contributed by atoms with Gasteiger partial charge in [-0.15, -0.1) is 0 Å². The van der Waals surface area contributed by atoms with E-state index < -0.39 is 10.0 Å². The van der Waals surface area contributed by atoms with Gasteiger partial charge in [0.2, 0.25) is 10.0 Å². The Labute approximate surface area is 115 Å². The number of hydrogen-bond donors (Lipinski definition) is 2. The molecule has 1 saturated carbocycles. The van der Waals surface area contributed by atoms with Gasteiger partial charge in [0.05, 0.1) is 4.90 Å². The second-order valence-corrected chi connectivity index (χ2v) is 7.10. The lowest BCUT2D eigenvalue weighted by Crippen LogP contribution is -2.36. The van der Waals surface area contributed by atoms with E-state index >= 15 is 0 Å². The number of nitrogen functional groups attached to an aromatic ring is 1. The maximum atomic E-state index is 12.5. The van der Waals surface area contributed by atoms with Crippen LogP contribution in [0.3, 0.4) is 0 Å². The molecular formula is C14H22N2O2S. The maximum absolute atomic E-state index is 12.5. The minimum Gasteiger partial charge on any atom is -0.399 e. The number of nitrogens with two attached hydrogens (primary N) is 1. The molecule has 0 aromatic heterocycles. The van der Waals surface area contributed by atoms with Gasteiger partial charge < -0.3 is 5.73 Å². The molecule has 1 aliphatic rings. The highest BCUT2D eigenvalue weighted by atomic mass is 32.2. The summed E-state index contributed by atoms with van der Waals surface area (Å²) in [6, 6.07) is 3.42. The van der Waals surface area contributed by atoms with Gasteiger partial charge in [-0.2, -0.15) is 0 Å². The van der Waals surface area contributed by atoms with Crippen LogP contribution >= 0.6 is 0 Å². The molecule has 0 amide bonds. The van der Waals surface area contributed by atoms with E-state index in [-0.39, 0.29) is 6.04 Å². The van der Waals surface area contributed by atoms with Crippen molar-refractivity contribution in [1.82, 2.24) is 4.72 Å². The third kappa shape index (κ3) is 3.28. The van der Waals surface area contributed by atoms with Crippen molar-refractivity contribution in [3.05, 3.63) is 23.3 Å². The zero-order valence-electron chi connectivity index (χ0n) is 11.6. The molecule has 1 aliphatic carbocycles. The molecule has 1 aromatic carbocycles. The highest BCUT2D eigenvalue weighted by molar-refractivity contribution is 7.89. The van der Waals surface area contributed by atoms with Crippen LogP contribution in [0.5, 0.6) is 0 Å². The summed E-state index contributed by atoms with van der Waals surface area (Å²) in [4.78, 5) is 0.315. The molecule has 0 atom stereocenters. The molecule has 106 valence electrons. The smallest absolute Gasteiger partial charge is 0.241 e. The lowest BCUT2D eigenvalue weighted by molar-refractivity contribution is 0.412. The van der Waals surface area contributed by atoms with Crippen LogP contribution in [0.1, 0.15) is 43.2 Å². The third-order valence-corrected chi connectivity index (χ3v) is 5.51. The van der Waals surface area contributed by atoms with Crippen LogP contribution in [0, 0.1) is 13.8 Å². The first-order chi connectivity index (χ1) is 8.90. The first-order valence-corrected chi connectivity index (χ1v) is 8.27. The molecular weight excluding hydrogens is 260 g/mol. The molecule has 1 fully saturated rings. The number of aryl methyl sites for hydroxylation is 1. The van der Waals surface area contributed by atoms with Gasteiger partial charge in [0.1, 0.15) is 0 Å². The van der Waals surface area contributed by atoms with E-state index in [9.17, 15) is 8.42 Å². The van der Waals surface area contributed by atoms with Gasteiger partial charge in [-0.3, -0.25) is 0 Å². The van der Waals surface area contributed by atoms with E-state index in [4.69, 9.17) is 5.73 Å². The molecule has 5 heteroatoms. The quantitative estimate of drug-likeness (QED) is 0.837. The predicted molar refractivity (Wildman–Crippen MR) is 77.5 cm³/mol. The minimum atomic E-state index is -3.47. The second kappa shape index (κ2) is 5.51. The van der Waals surface area contributed by atoms with Gasteiger partial charge in [0.25, 0.3) is 0 Å². The fourth-order valence-electron chi connectivity index (χ4n) is 2.64. The van der Waals surface area contributed by atoms with Crippen LogP contribution in [0.15, 0.2) is 17.0 Å². The molecule has 19 heavy (non-hydrogen) atoms. The normalized spacial score (nSPS) is 17.6. The number of sulfonamides is 1.